The molecule has 0 aliphatic heterocycles. The zero-order chi connectivity index (χ0) is 25.1. The maximum atomic E-state index is 12.8. The lowest BCUT2D eigenvalue weighted by Crippen LogP contribution is -2.54. The Labute approximate surface area is 205 Å². The minimum atomic E-state index is -0.949. The first kappa shape index (κ1) is 26.9. The summed E-state index contributed by atoms with van der Waals surface area (Å²) in [4.78, 5) is 34.3. The van der Waals surface area contributed by atoms with Gasteiger partial charge in [-0.05, 0) is 82.9 Å². The number of pyridine rings is 1. The van der Waals surface area contributed by atoms with Crippen LogP contribution >= 0.6 is 11.6 Å². The van der Waals surface area contributed by atoms with E-state index in [1.807, 2.05) is 20.8 Å². The van der Waals surface area contributed by atoms with E-state index in [0.29, 0.717) is 28.5 Å². The average molecular weight is 482 g/mol. The third-order valence-electron chi connectivity index (χ3n) is 4.25. The summed E-state index contributed by atoms with van der Waals surface area (Å²) < 4.78 is 5.88. The van der Waals surface area contributed by atoms with Gasteiger partial charge < -0.3 is 10.1 Å². The first-order chi connectivity index (χ1) is 16.1. The molecule has 0 saturated heterocycles. The van der Waals surface area contributed by atoms with E-state index in [1.54, 1.807) is 56.4 Å². The van der Waals surface area contributed by atoms with Gasteiger partial charge in [-0.15, -0.1) is 0 Å². The fourth-order valence-corrected chi connectivity index (χ4v) is 2.93. The average Bonchev–Trinajstić information content (AvgIpc) is 2.79. The zero-order valence-electron chi connectivity index (χ0n) is 19.9. The Balaban J connectivity index is 2.07. The number of halogens is 1. The van der Waals surface area contributed by atoms with Gasteiger partial charge in [-0.2, -0.15) is 0 Å². The number of amides is 2. The Morgan fingerprint density at radius 3 is 2.24 bits per heavy atom. The molecule has 0 unspecified atom stereocenters. The van der Waals surface area contributed by atoms with Crippen LogP contribution in [0.3, 0.4) is 0 Å². The van der Waals surface area contributed by atoms with Crippen LogP contribution < -0.4 is 10.8 Å². The van der Waals surface area contributed by atoms with Crippen LogP contribution in [-0.4, -0.2) is 41.2 Å². The van der Waals surface area contributed by atoms with Crippen molar-refractivity contribution in [3.05, 3.63) is 64.4 Å². The number of nitrogens with zero attached hydrogens (tertiary/aromatic N) is 1. The first-order valence-electron chi connectivity index (χ1n) is 10.7. The number of carbonyl (C=O) groups is 2. The van der Waals surface area contributed by atoms with Crippen LogP contribution in [0.4, 0.5) is 0 Å². The first-order valence-corrected chi connectivity index (χ1v) is 11.1. The summed E-state index contributed by atoms with van der Waals surface area (Å²) in [6, 6.07) is 9.13. The van der Waals surface area contributed by atoms with E-state index in [2.05, 4.69) is 39.5 Å². The minimum absolute atomic E-state index is 0.296. The number of carbonyl (C=O) groups excluding carboxylic acids is 2. The molecule has 0 aliphatic rings. The standard InChI is InChI=1S/C26H28ClN3O4/c1-6-33-30-25(32)23(18(2)34-26(3,4)5)29-24(31)21-14-11-19(12-15-21)9-7-8-10-20-13-16-22(27)28-17-20/h11-18,23H,6H2,1-5H3,(H,29,31)(H,30,32)/t18-,23+/m1/s1. The number of hydroxylamine groups is 1. The number of hydrogen-bond donors (Lipinski definition) is 2. The topological polar surface area (TPSA) is 89.6 Å². The van der Waals surface area contributed by atoms with E-state index in [9.17, 15) is 9.59 Å². The summed E-state index contributed by atoms with van der Waals surface area (Å²) in [5.74, 6) is 10.4. The smallest absolute Gasteiger partial charge is 0.268 e. The maximum Gasteiger partial charge on any atom is 0.268 e. The van der Waals surface area contributed by atoms with Crippen molar-refractivity contribution < 1.29 is 19.2 Å². The molecule has 34 heavy (non-hydrogen) atoms. The molecule has 2 atom stereocenters. The second-order valence-electron chi connectivity index (χ2n) is 8.23. The molecular formula is C26H28ClN3O4. The molecule has 0 spiro atoms. The van der Waals surface area contributed by atoms with Gasteiger partial charge in [0.15, 0.2) is 0 Å². The van der Waals surface area contributed by atoms with Gasteiger partial charge in [-0.3, -0.25) is 14.4 Å². The largest absolute Gasteiger partial charge is 0.370 e. The SMILES string of the molecule is CCONC(=O)[C@@H](NC(=O)c1ccc(C#CC#Cc2ccc(Cl)nc2)cc1)[C@@H](C)OC(C)(C)C. The van der Waals surface area contributed by atoms with Gasteiger partial charge in [-0.25, -0.2) is 10.5 Å². The maximum absolute atomic E-state index is 12.8. The highest BCUT2D eigenvalue weighted by Crippen LogP contribution is 2.14. The van der Waals surface area contributed by atoms with Crippen molar-refractivity contribution in [3.8, 4) is 23.7 Å². The highest BCUT2D eigenvalue weighted by molar-refractivity contribution is 6.29. The molecule has 8 heteroatoms. The molecular weight excluding hydrogens is 454 g/mol. The summed E-state index contributed by atoms with van der Waals surface area (Å²) in [6.07, 6.45) is 0.976. The van der Waals surface area contributed by atoms with Crippen LogP contribution in [0, 0.1) is 23.7 Å². The molecule has 2 aromatic rings. The zero-order valence-corrected chi connectivity index (χ0v) is 20.6. The van der Waals surface area contributed by atoms with Crippen molar-refractivity contribution in [1.82, 2.24) is 15.8 Å². The van der Waals surface area contributed by atoms with Crippen molar-refractivity contribution >= 4 is 23.4 Å². The Morgan fingerprint density at radius 1 is 1.06 bits per heavy atom. The normalized spacial score (nSPS) is 12.3. The second-order valence-corrected chi connectivity index (χ2v) is 8.62. The number of nitrogens with one attached hydrogen (secondary N) is 2. The quantitative estimate of drug-likeness (QED) is 0.359. The third kappa shape index (κ3) is 9.25. The van der Waals surface area contributed by atoms with E-state index in [1.165, 1.54) is 0 Å². The fraction of sp³-hybridized carbons (Fsp3) is 0.346. The second kappa shape index (κ2) is 12.8. The third-order valence-corrected chi connectivity index (χ3v) is 4.47. The predicted octanol–water partition coefficient (Wildman–Crippen LogP) is 3.51. The Bertz CT molecular complexity index is 1100. The number of benzene rings is 1. The van der Waals surface area contributed by atoms with Crippen molar-refractivity contribution in [2.24, 2.45) is 0 Å². The van der Waals surface area contributed by atoms with Crippen LogP contribution in [0.2, 0.25) is 5.15 Å². The van der Waals surface area contributed by atoms with Gasteiger partial charge in [0, 0.05) is 22.9 Å². The molecule has 0 aliphatic carbocycles. The van der Waals surface area contributed by atoms with Gasteiger partial charge in [0.1, 0.15) is 11.2 Å². The molecule has 1 aromatic carbocycles. The van der Waals surface area contributed by atoms with Gasteiger partial charge >= 0.3 is 0 Å². The lowest BCUT2D eigenvalue weighted by molar-refractivity contribution is -0.142. The lowest BCUT2D eigenvalue weighted by atomic mass is 10.1. The van der Waals surface area contributed by atoms with Gasteiger partial charge in [0.2, 0.25) is 0 Å². The van der Waals surface area contributed by atoms with E-state index >= 15 is 0 Å². The highest BCUT2D eigenvalue weighted by Gasteiger charge is 2.31. The van der Waals surface area contributed by atoms with Crippen LogP contribution in [0.1, 0.15) is 56.1 Å². The summed E-state index contributed by atoms with van der Waals surface area (Å²) in [5, 5.41) is 3.13. The predicted molar refractivity (Wildman–Crippen MR) is 131 cm³/mol. The van der Waals surface area contributed by atoms with Gasteiger partial charge in [0.25, 0.3) is 11.8 Å². The Morgan fingerprint density at radius 2 is 1.68 bits per heavy atom. The van der Waals surface area contributed by atoms with Crippen LogP contribution in [-0.2, 0) is 14.4 Å². The Hall–Kier alpha value is -3.36. The fourth-order valence-electron chi connectivity index (χ4n) is 2.81. The molecule has 0 fully saturated rings. The number of rotatable bonds is 7. The highest BCUT2D eigenvalue weighted by atomic mass is 35.5. The number of hydrogen-bond acceptors (Lipinski definition) is 5. The van der Waals surface area contributed by atoms with Crippen LogP contribution in [0.15, 0.2) is 42.6 Å². The number of ether oxygens (including phenoxy) is 1. The van der Waals surface area contributed by atoms with Crippen molar-refractivity contribution in [3.63, 3.8) is 0 Å². The van der Waals surface area contributed by atoms with Crippen molar-refractivity contribution in [1.29, 1.82) is 0 Å². The monoisotopic (exact) mass is 481 g/mol. The Kier molecular flexibility index (Phi) is 10.1. The minimum Gasteiger partial charge on any atom is -0.370 e. The molecule has 2 N–H and O–H groups in total. The molecule has 0 saturated carbocycles. The molecule has 7 nitrogen and oxygen atoms in total. The molecule has 2 rings (SSSR count). The molecule has 1 aromatic heterocycles. The molecule has 0 bridgehead atoms. The van der Waals surface area contributed by atoms with E-state index < -0.39 is 29.6 Å². The summed E-state index contributed by atoms with van der Waals surface area (Å²) >= 11 is 5.74. The molecule has 0 radical (unpaired) electrons. The summed E-state index contributed by atoms with van der Waals surface area (Å²) in [5.41, 5.74) is 3.61. The lowest BCUT2D eigenvalue weighted by Gasteiger charge is -2.30. The van der Waals surface area contributed by atoms with E-state index in [-0.39, 0.29) is 0 Å². The molecule has 178 valence electrons. The van der Waals surface area contributed by atoms with E-state index in [4.69, 9.17) is 21.2 Å². The van der Waals surface area contributed by atoms with Gasteiger partial charge in [0.05, 0.1) is 18.3 Å². The van der Waals surface area contributed by atoms with E-state index in [0.717, 1.165) is 0 Å². The molecule has 1 heterocycles. The number of aromatic nitrogens is 1. The van der Waals surface area contributed by atoms with Crippen LogP contribution in [0.5, 0.6) is 0 Å². The van der Waals surface area contributed by atoms with Gasteiger partial charge in [-0.1, -0.05) is 23.4 Å². The van der Waals surface area contributed by atoms with Crippen LogP contribution in [0.25, 0.3) is 0 Å². The summed E-state index contributed by atoms with van der Waals surface area (Å²) in [6.45, 7) is 9.39. The van der Waals surface area contributed by atoms with Crippen molar-refractivity contribution in [2.45, 2.75) is 52.4 Å². The molecule has 2 amide bonds. The summed E-state index contributed by atoms with van der Waals surface area (Å²) in [7, 11) is 0. The van der Waals surface area contributed by atoms with Crippen molar-refractivity contribution in [2.75, 3.05) is 6.61 Å².